The first kappa shape index (κ1) is 59.5. The van der Waals surface area contributed by atoms with Crippen LogP contribution in [0.5, 0.6) is 0 Å². The number of carbonyl (C=O) groups excluding carboxylic acids is 5. The third-order valence-corrected chi connectivity index (χ3v) is 10.5. The molecule has 0 heterocycles. The number of carboxylic acids is 2. The van der Waals surface area contributed by atoms with Crippen molar-refractivity contribution in [2.45, 2.75) is 173 Å². The molecule has 3 amide bonds. The number of hydrogen-bond acceptors (Lipinski definition) is 12. The summed E-state index contributed by atoms with van der Waals surface area (Å²) in [5, 5.41) is 26.2. The van der Waals surface area contributed by atoms with E-state index in [1.165, 1.54) is 44.9 Å². The second-order valence-electron chi connectivity index (χ2n) is 16.2. The lowest BCUT2D eigenvalue weighted by Gasteiger charge is -2.14. The fourth-order valence-electron chi connectivity index (χ4n) is 6.87. The largest absolute Gasteiger partial charge is 0.481 e. The Balaban J connectivity index is 3.67. The molecule has 0 aliphatic heterocycles. The van der Waals surface area contributed by atoms with Gasteiger partial charge in [-0.2, -0.15) is 0 Å². The lowest BCUT2D eigenvalue weighted by molar-refractivity contribution is -0.142. The Morgan fingerprint density at radius 2 is 1.00 bits per heavy atom. The smallest absolute Gasteiger partial charge is 0.326 e. The van der Waals surface area contributed by atoms with Gasteiger partial charge in [0.25, 0.3) is 0 Å². The van der Waals surface area contributed by atoms with Gasteiger partial charge in [0.1, 0.15) is 30.8 Å². The van der Waals surface area contributed by atoms with Crippen LogP contribution in [-0.2, 0) is 52.5 Å². The van der Waals surface area contributed by atoms with Crippen LogP contribution in [0.15, 0.2) is 0 Å². The lowest BCUT2D eigenvalue weighted by Crippen LogP contribution is -2.41. The zero-order valence-corrected chi connectivity index (χ0v) is 38.6. The van der Waals surface area contributed by atoms with E-state index < -0.39 is 18.0 Å². The topological polar surface area (TPSA) is 259 Å². The number of nitrogens with two attached hydrogens (primary N) is 1. The molecule has 0 aromatic heterocycles. The number of rotatable bonds is 48. The van der Waals surface area contributed by atoms with Crippen LogP contribution in [0, 0.1) is 5.92 Å². The summed E-state index contributed by atoms with van der Waals surface area (Å²) in [6, 6.07) is -1.10. The molecular formula is C46H84N4O13. The molecule has 0 rings (SSSR count). The maximum atomic E-state index is 12.3. The zero-order valence-electron chi connectivity index (χ0n) is 38.6. The molecule has 0 radical (unpaired) electrons. The number of ether oxygens (including phenoxy) is 4. The van der Waals surface area contributed by atoms with Gasteiger partial charge in [-0.15, -0.1) is 0 Å². The zero-order chi connectivity index (χ0) is 46.6. The normalized spacial score (nSPS) is 12.1. The summed E-state index contributed by atoms with van der Waals surface area (Å²) in [5.41, 5.74) is 5.49. The Bertz CT molecular complexity index is 1220. The minimum Gasteiger partial charge on any atom is -0.481 e. The van der Waals surface area contributed by atoms with E-state index in [-0.39, 0.29) is 127 Å². The van der Waals surface area contributed by atoms with Crippen molar-refractivity contribution in [3.63, 3.8) is 0 Å². The SMILES string of the molecule is CCC[C@@H](CCCCNC(=O)COCCOCCNC(=O)COCCOCCCC(=O)CC[C@H](NC(=O)CCCCCCCCCCCCCCCCC(=O)O)C(=O)O)C(=O)CN. The van der Waals surface area contributed by atoms with Crippen molar-refractivity contribution in [3.8, 4) is 0 Å². The lowest BCUT2D eigenvalue weighted by atomic mass is 9.93. The third-order valence-electron chi connectivity index (χ3n) is 10.5. The van der Waals surface area contributed by atoms with Gasteiger partial charge in [-0.1, -0.05) is 96.8 Å². The standard InChI is InChI=1S/C46H84N4O13/c1-2-20-38(41(52)35-47)21-17-18-27-48-43(54)36-63-34-32-61-30-28-49-44(55)37-62-33-31-60-29-19-22-39(51)25-26-40(46(58)59)50-42(53)23-15-13-11-9-7-5-3-4-6-8-10-12-14-16-24-45(56)57/h38,40H,2-37,47H2,1H3,(H,48,54)(H,49,55)(H,50,53)(H,56,57)(H,58,59)/t38-,40-/m0/s1. The van der Waals surface area contributed by atoms with E-state index in [0.717, 1.165) is 70.6 Å². The average molecular weight is 901 g/mol. The van der Waals surface area contributed by atoms with Crippen LogP contribution < -0.4 is 21.7 Å². The Labute approximate surface area is 376 Å². The Morgan fingerprint density at radius 1 is 0.492 bits per heavy atom. The van der Waals surface area contributed by atoms with Gasteiger partial charge < -0.3 is 50.8 Å². The number of hydrogen-bond donors (Lipinski definition) is 6. The molecular weight excluding hydrogens is 817 g/mol. The van der Waals surface area contributed by atoms with Crippen molar-refractivity contribution in [1.29, 1.82) is 0 Å². The van der Waals surface area contributed by atoms with E-state index >= 15 is 0 Å². The van der Waals surface area contributed by atoms with Crippen LogP contribution in [0.2, 0.25) is 0 Å². The first-order valence-corrected chi connectivity index (χ1v) is 23.8. The number of aliphatic carboxylic acids is 2. The monoisotopic (exact) mass is 901 g/mol. The van der Waals surface area contributed by atoms with Gasteiger partial charge in [0.15, 0.2) is 0 Å². The second kappa shape index (κ2) is 43.7. The average Bonchev–Trinajstić information content (AvgIpc) is 3.25. The molecule has 0 aliphatic rings. The number of carboxylic acid groups (broad SMARTS) is 2. The first-order chi connectivity index (χ1) is 30.5. The minimum atomic E-state index is -1.16. The fraction of sp³-hybridized carbons (Fsp3) is 0.848. The van der Waals surface area contributed by atoms with Crippen LogP contribution in [0.4, 0.5) is 0 Å². The van der Waals surface area contributed by atoms with Crippen molar-refractivity contribution in [3.05, 3.63) is 0 Å². The summed E-state index contributed by atoms with van der Waals surface area (Å²) in [7, 11) is 0. The van der Waals surface area contributed by atoms with Crippen LogP contribution in [0.3, 0.4) is 0 Å². The molecule has 0 aromatic rings. The van der Waals surface area contributed by atoms with Crippen molar-refractivity contribution in [1.82, 2.24) is 16.0 Å². The highest BCUT2D eigenvalue weighted by Crippen LogP contribution is 2.16. The summed E-state index contributed by atoms with van der Waals surface area (Å²) < 4.78 is 21.5. The molecule has 366 valence electrons. The molecule has 17 nitrogen and oxygen atoms in total. The van der Waals surface area contributed by atoms with Gasteiger partial charge in [0, 0.05) is 51.3 Å². The van der Waals surface area contributed by atoms with Crippen LogP contribution in [0.25, 0.3) is 0 Å². The third kappa shape index (κ3) is 41.0. The summed E-state index contributed by atoms with van der Waals surface area (Å²) in [4.78, 5) is 82.6. The molecule has 0 unspecified atom stereocenters. The van der Waals surface area contributed by atoms with Gasteiger partial charge in [0.2, 0.25) is 17.7 Å². The highest BCUT2D eigenvalue weighted by Gasteiger charge is 2.21. The predicted octanol–water partition coefficient (Wildman–Crippen LogP) is 5.42. The fourth-order valence-corrected chi connectivity index (χ4v) is 6.87. The van der Waals surface area contributed by atoms with Crippen LogP contribution >= 0.6 is 0 Å². The number of Topliss-reactive ketones (excluding diaryl/α,β-unsaturated/α-hetero) is 2. The summed E-state index contributed by atoms with van der Waals surface area (Å²) >= 11 is 0. The quantitative estimate of drug-likeness (QED) is 0.0417. The van der Waals surface area contributed by atoms with E-state index in [9.17, 15) is 38.7 Å². The molecule has 0 aliphatic carbocycles. The number of amides is 3. The molecule has 0 aromatic carbocycles. The van der Waals surface area contributed by atoms with E-state index in [1.54, 1.807) is 0 Å². The molecule has 2 atom stereocenters. The van der Waals surface area contributed by atoms with Gasteiger partial charge in [-0.25, -0.2) is 4.79 Å². The predicted molar refractivity (Wildman–Crippen MR) is 240 cm³/mol. The summed E-state index contributed by atoms with van der Waals surface area (Å²) in [6.07, 6.45) is 20.6. The second-order valence-corrected chi connectivity index (χ2v) is 16.2. The van der Waals surface area contributed by atoms with Gasteiger partial charge in [-0.3, -0.25) is 28.8 Å². The minimum absolute atomic E-state index is 0.00349. The van der Waals surface area contributed by atoms with E-state index in [4.69, 9.17) is 29.8 Å². The highest BCUT2D eigenvalue weighted by atomic mass is 16.5. The Hall–Kier alpha value is -3.51. The molecule has 0 spiro atoms. The van der Waals surface area contributed by atoms with E-state index in [2.05, 4.69) is 16.0 Å². The molecule has 0 saturated heterocycles. The molecule has 0 saturated carbocycles. The van der Waals surface area contributed by atoms with E-state index in [0.29, 0.717) is 26.0 Å². The molecule has 63 heavy (non-hydrogen) atoms. The molecule has 0 bridgehead atoms. The number of nitrogens with one attached hydrogen (secondary N) is 3. The van der Waals surface area contributed by atoms with Crippen LogP contribution in [0.1, 0.15) is 167 Å². The van der Waals surface area contributed by atoms with Crippen molar-refractivity contribution < 1.29 is 62.7 Å². The molecule has 0 fully saturated rings. The van der Waals surface area contributed by atoms with Crippen LogP contribution in [-0.4, -0.2) is 130 Å². The number of ketones is 2. The number of carbonyl (C=O) groups is 7. The van der Waals surface area contributed by atoms with Gasteiger partial charge in [-0.05, 0) is 44.9 Å². The molecule has 17 heteroatoms. The van der Waals surface area contributed by atoms with Crippen molar-refractivity contribution >= 4 is 41.2 Å². The van der Waals surface area contributed by atoms with E-state index in [1.807, 2.05) is 6.92 Å². The Kier molecular flexibility index (Phi) is 41.3. The maximum absolute atomic E-state index is 12.3. The maximum Gasteiger partial charge on any atom is 0.326 e. The highest BCUT2D eigenvalue weighted by molar-refractivity contribution is 5.85. The van der Waals surface area contributed by atoms with Crippen molar-refractivity contribution in [2.75, 3.05) is 72.5 Å². The van der Waals surface area contributed by atoms with Gasteiger partial charge in [0.05, 0.1) is 39.6 Å². The van der Waals surface area contributed by atoms with Gasteiger partial charge >= 0.3 is 11.9 Å². The first-order valence-electron chi connectivity index (χ1n) is 23.8. The summed E-state index contributed by atoms with van der Waals surface area (Å²) in [5.74, 6) is -2.70. The molecule has 7 N–H and O–H groups in total. The van der Waals surface area contributed by atoms with Crippen molar-refractivity contribution in [2.24, 2.45) is 11.7 Å². The summed E-state index contributed by atoms with van der Waals surface area (Å²) in [6.45, 7) is 4.23. The Morgan fingerprint density at radius 3 is 1.52 bits per heavy atom. The number of unbranched alkanes of at least 4 members (excludes halogenated alkanes) is 14.